The molecule has 1 fully saturated rings. The fourth-order valence-corrected chi connectivity index (χ4v) is 7.35. The van der Waals surface area contributed by atoms with Crippen molar-refractivity contribution in [1.82, 2.24) is 9.62 Å². The van der Waals surface area contributed by atoms with Crippen molar-refractivity contribution in [2.45, 2.75) is 46.0 Å². The second kappa shape index (κ2) is 11.4. The van der Waals surface area contributed by atoms with Crippen LogP contribution >= 0.6 is 41.8 Å². The summed E-state index contributed by atoms with van der Waals surface area (Å²) in [6.45, 7) is 4.53. The maximum Gasteiger partial charge on any atom is 0.263 e. The van der Waals surface area contributed by atoms with Gasteiger partial charge in [0.2, 0.25) is 12.4 Å². The fourth-order valence-electron chi connectivity index (χ4n) is 2.32. The summed E-state index contributed by atoms with van der Waals surface area (Å²) < 4.78 is 13.0. The molecular formula is C16H31N2O6PS4. The molecule has 0 aromatic carbocycles. The van der Waals surface area contributed by atoms with E-state index in [-0.39, 0.29) is 17.7 Å². The zero-order valence-electron chi connectivity index (χ0n) is 17.0. The summed E-state index contributed by atoms with van der Waals surface area (Å²) >= 11 is 13.9. The van der Waals surface area contributed by atoms with Gasteiger partial charge in [0, 0.05) is 34.1 Å². The first-order valence-corrected chi connectivity index (χ1v) is 14.2. The molecule has 2 amide bonds. The Morgan fingerprint density at radius 2 is 1.93 bits per heavy atom. The van der Waals surface area contributed by atoms with Crippen LogP contribution in [0.5, 0.6) is 0 Å². The van der Waals surface area contributed by atoms with Crippen LogP contribution in [0, 0.1) is 10.8 Å². The first kappa shape index (κ1) is 27.5. The van der Waals surface area contributed by atoms with Crippen molar-refractivity contribution in [3.63, 3.8) is 0 Å². The molecule has 2 unspecified atom stereocenters. The highest BCUT2D eigenvalue weighted by atomic mass is 33.1. The van der Waals surface area contributed by atoms with Crippen LogP contribution in [0.1, 0.15) is 34.1 Å². The van der Waals surface area contributed by atoms with Gasteiger partial charge in [-0.2, -0.15) is 12.6 Å². The number of carbonyl (C=O) groups excluding carboxylic acids is 2. The van der Waals surface area contributed by atoms with Gasteiger partial charge in [0.15, 0.2) is 0 Å². The number of nitrogens with one attached hydrogen (secondary N) is 1. The van der Waals surface area contributed by atoms with Crippen LogP contribution < -0.4 is 5.32 Å². The zero-order valence-corrected chi connectivity index (χ0v) is 21.3. The van der Waals surface area contributed by atoms with Crippen molar-refractivity contribution in [3.05, 3.63) is 0 Å². The molecule has 0 spiro atoms. The van der Waals surface area contributed by atoms with Gasteiger partial charge in [-0.3, -0.25) is 13.9 Å². The predicted octanol–water partition coefficient (Wildman–Crippen LogP) is 1.83. The van der Waals surface area contributed by atoms with Gasteiger partial charge >= 0.3 is 0 Å². The number of carbonyl (C=O) groups is 2. The lowest BCUT2D eigenvalue weighted by Gasteiger charge is -2.43. The third-order valence-corrected chi connectivity index (χ3v) is 9.40. The standard InChI is InChI=1S/C16H31N2O6PS4/c1-15(2)9-23-25(27,24-10-15)12(7-11(20)17-5-6-26)18(29-28)14(22)13(21)16(3,4)8-19/h12-13,19,21,26,28H,5-10H2,1-4H3,(H,17,20). The molecule has 13 heteroatoms. The SMILES string of the molecule is CC1(C)COP(=S)(C(CC(=O)NCCS)N(SS)C(=O)C(O)C(C)(C)CO)OC1. The number of rotatable bonds is 10. The Hall–Kier alpha value is 0.480. The zero-order chi connectivity index (χ0) is 22.5. The first-order valence-electron chi connectivity index (χ1n) is 9.03. The smallest absolute Gasteiger partial charge is 0.263 e. The number of hydrogen-bond donors (Lipinski definition) is 5. The quantitative estimate of drug-likeness (QED) is 0.132. The molecule has 0 radical (unpaired) electrons. The molecule has 2 atom stereocenters. The third-order valence-electron chi connectivity index (χ3n) is 4.39. The van der Waals surface area contributed by atoms with Crippen LogP contribution in [0.15, 0.2) is 0 Å². The number of hydrogen-bond acceptors (Lipinski definition) is 10. The minimum Gasteiger partial charge on any atom is -0.396 e. The van der Waals surface area contributed by atoms with E-state index in [1.54, 1.807) is 13.8 Å². The molecule has 1 aliphatic rings. The number of amides is 2. The van der Waals surface area contributed by atoms with Crippen molar-refractivity contribution in [2.24, 2.45) is 10.8 Å². The highest BCUT2D eigenvalue weighted by molar-refractivity contribution is 8.67. The molecule has 8 nitrogen and oxygen atoms in total. The molecule has 0 aliphatic carbocycles. The second-order valence-corrected chi connectivity index (χ2v) is 13.5. The van der Waals surface area contributed by atoms with Gasteiger partial charge in [0.25, 0.3) is 5.91 Å². The van der Waals surface area contributed by atoms with E-state index in [2.05, 4.69) is 29.6 Å². The largest absolute Gasteiger partial charge is 0.396 e. The van der Waals surface area contributed by atoms with Crippen molar-refractivity contribution < 1.29 is 28.8 Å². The maximum absolute atomic E-state index is 13.0. The van der Waals surface area contributed by atoms with Crippen molar-refractivity contribution in [1.29, 1.82) is 0 Å². The molecule has 1 heterocycles. The predicted molar refractivity (Wildman–Crippen MR) is 126 cm³/mol. The van der Waals surface area contributed by atoms with Gasteiger partial charge in [-0.1, -0.05) is 39.4 Å². The van der Waals surface area contributed by atoms with Gasteiger partial charge in [0.1, 0.15) is 11.9 Å². The van der Waals surface area contributed by atoms with Crippen molar-refractivity contribution in [3.8, 4) is 0 Å². The Balaban J connectivity index is 3.21. The monoisotopic (exact) mass is 506 g/mol. The topological polar surface area (TPSA) is 108 Å². The summed E-state index contributed by atoms with van der Waals surface area (Å²) in [5, 5.41) is 22.7. The van der Waals surface area contributed by atoms with Crippen LogP contribution in [-0.4, -0.2) is 70.3 Å². The average Bonchev–Trinajstić information content (AvgIpc) is 2.67. The molecule has 0 saturated carbocycles. The van der Waals surface area contributed by atoms with Crippen LogP contribution in [0.25, 0.3) is 0 Å². The fraction of sp³-hybridized carbons (Fsp3) is 0.875. The molecule has 0 aromatic rings. The van der Waals surface area contributed by atoms with E-state index in [0.717, 1.165) is 15.3 Å². The highest BCUT2D eigenvalue weighted by Crippen LogP contribution is 2.61. The number of aliphatic hydroxyl groups excluding tert-OH is 2. The Morgan fingerprint density at radius 3 is 2.38 bits per heavy atom. The Bertz CT molecular complexity index is 623. The summed E-state index contributed by atoms with van der Waals surface area (Å²) in [7, 11) is 0.742. The van der Waals surface area contributed by atoms with E-state index < -0.39 is 36.3 Å². The van der Waals surface area contributed by atoms with E-state index in [9.17, 15) is 19.8 Å². The normalized spacial score (nSPS) is 20.6. The minimum atomic E-state index is -3.10. The summed E-state index contributed by atoms with van der Waals surface area (Å²) in [4.78, 5) is 25.5. The second-order valence-electron chi connectivity index (χ2n) is 8.30. The lowest BCUT2D eigenvalue weighted by molar-refractivity contribution is -0.143. The molecule has 1 rings (SSSR count). The first-order chi connectivity index (χ1) is 13.3. The van der Waals surface area contributed by atoms with Gasteiger partial charge in [-0.25, -0.2) is 0 Å². The van der Waals surface area contributed by atoms with E-state index in [1.165, 1.54) is 0 Å². The summed E-state index contributed by atoms with van der Waals surface area (Å²) in [6.07, 6.45) is -1.70. The maximum atomic E-state index is 13.0. The molecular weight excluding hydrogens is 475 g/mol. The van der Waals surface area contributed by atoms with Gasteiger partial charge in [0.05, 0.1) is 26.2 Å². The molecule has 170 valence electrons. The van der Waals surface area contributed by atoms with Crippen molar-refractivity contribution in [2.75, 3.05) is 32.1 Å². The Morgan fingerprint density at radius 1 is 1.38 bits per heavy atom. The van der Waals surface area contributed by atoms with Gasteiger partial charge < -0.3 is 24.6 Å². The van der Waals surface area contributed by atoms with E-state index in [1.807, 2.05) is 13.8 Å². The van der Waals surface area contributed by atoms with Gasteiger partial charge in [-0.15, -0.1) is 0 Å². The Kier molecular flexibility index (Phi) is 10.8. The lowest BCUT2D eigenvalue weighted by Crippen LogP contribution is -2.50. The molecule has 29 heavy (non-hydrogen) atoms. The molecule has 1 aliphatic heterocycles. The number of nitrogens with zero attached hydrogens (tertiary/aromatic N) is 1. The average molecular weight is 507 g/mol. The van der Waals surface area contributed by atoms with E-state index in [4.69, 9.17) is 20.9 Å². The van der Waals surface area contributed by atoms with E-state index >= 15 is 0 Å². The molecule has 1 saturated heterocycles. The third kappa shape index (κ3) is 7.54. The number of thiol groups is 2. The van der Waals surface area contributed by atoms with Crippen LogP contribution in [0.2, 0.25) is 0 Å². The highest BCUT2D eigenvalue weighted by Gasteiger charge is 2.47. The minimum absolute atomic E-state index is 0.170. The van der Waals surface area contributed by atoms with Crippen LogP contribution in [0.4, 0.5) is 0 Å². The molecule has 0 bridgehead atoms. The summed E-state index contributed by atoms with van der Waals surface area (Å²) in [5.74, 6) is -1.55. The lowest BCUT2D eigenvalue weighted by atomic mass is 9.87. The summed E-state index contributed by atoms with van der Waals surface area (Å²) in [5.41, 5.74) is -1.34. The van der Waals surface area contributed by atoms with Crippen LogP contribution in [0.3, 0.4) is 0 Å². The number of aliphatic hydroxyl groups is 2. The van der Waals surface area contributed by atoms with Crippen molar-refractivity contribution >= 4 is 65.4 Å². The Labute approximate surface area is 192 Å². The van der Waals surface area contributed by atoms with Crippen LogP contribution in [-0.2, 0) is 30.4 Å². The van der Waals surface area contributed by atoms with Gasteiger partial charge in [-0.05, 0) is 11.8 Å². The molecule has 3 N–H and O–H groups in total. The summed E-state index contributed by atoms with van der Waals surface area (Å²) in [6, 6.07) is 0. The van der Waals surface area contributed by atoms with E-state index in [0.29, 0.717) is 25.5 Å². The molecule has 0 aromatic heterocycles.